The molecule has 0 bridgehead atoms. The Labute approximate surface area is 234 Å². The average Bonchev–Trinajstić information content (AvgIpc) is 3.66. The topological polar surface area (TPSA) is 55.9 Å². The molecule has 9 heteroatoms. The van der Waals surface area contributed by atoms with Crippen molar-refractivity contribution in [1.82, 2.24) is 20.0 Å². The molecule has 0 spiro atoms. The lowest BCUT2D eigenvalue weighted by molar-refractivity contribution is -0.137. The van der Waals surface area contributed by atoms with Crippen molar-refractivity contribution >= 4 is 11.9 Å². The standard InChI is InChI=1S/C31H39F3N4O2/c1-36(29(39)25-9-7-23(8-10-25)24-11-13-26(14-12-24)31(32,33)34)28-16-18-38(21-28)30(40)37-17-15-27(20-37)35-19-22-5-3-2-4-6-22/h7-14,22,27-28,35H,2-6,15-21H2,1H3/t27-,28+/m1/s1. The summed E-state index contributed by atoms with van der Waals surface area (Å²) in [6.45, 7) is 3.71. The Morgan fingerprint density at radius 3 is 2.10 bits per heavy atom. The third-order valence-corrected chi connectivity index (χ3v) is 8.86. The number of alkyl halides is 3. The molecule has 5 rings (SSSR count). The molecule has 216 valence electrons. The maximum atomic E-state index is 13.2. The molecule has 0 radical (unpaired) electrons. The summed E-state index contributed by atoms with van der Waals surface area (Å²) in [6.07, 6.45) is 4.00. The first-order valence-corrected chi connectivity index (χ1v) is 14.5. The van der Waals surface area contributed by atoms with E-state index in [-0.39, 0.29) is 18.0 Å². The molecule has 0 aromatic heterocycles. The molecule has 2 aromatic carbocycles. The minimum absolute atomic E-state index is 0.0612. The number of hydrogen-bond acceptors (Lipinski definition) is 3. The van der Waals surface area contributed by atoms with Gasteiger partial charge in [-0.2, -0.15) is 13.2 Å². The molecule has 2 heterocycles. The van der Waals surface area contributed by atoms with Gasteiger partial charge in [0.05, 0.1) is 11.6 Å². The van der Waals surface area contributed by atoms with E-state index < -0.39 is 11.7 Å². The van der Waals surface area contributed by atoms with Gasteiger partial charge >= 0.3 is 12.2 Å². The summed E-state index contributed by atoms with van der Waals surface area (Å²) < 4.78 is 38.5. The van der Waals surface area contributed by atoms with Crippen molar-refractivity contribution in [2.45, 2.75) is 63.2 Å². The zero-order valence-electron chi connectivity index (χ0n) is 23.1. The van der Waals surface area contributed by atoms with Gasteiger partial charge in [-0.05, 0) is 73.5 Å². The number of nitrogens with zero attached hydrogens (tertiary/aromatic N) is 3. The van der Waals surface area contributed by atoms with E-state index in [0.717, 1.165) is 56.1 Å². The molecule has 3 fully saturated rings. The minimum atomic E-state index is -4.37. The maximum absolute atomic E-state index is 13.2. The van der Waals surface area contributed by atoms with E-state index in [1.165, 1.54) is 44.2 Å². The van der Waals surface area contributed by atoms with Crippen LogP contribution in [0.15, 0.2) is 48.5 Å². The molecule has 3 aliphatic rings. The largest absolute Gasteiger partial charge is 0.416 e. The number of rotatable bonds is 6. The molecule has 1 N–H and O–H groups in total. The molecule has 2 atom stereocenters. The Balaban J connectivity index is 1.11. The highest BCUT2D eigenvalue weighted by atomic mass is 19.4. The average molecular weight is 557 g/mol. The number of hydrogen-bond donors (Lipinski definition) is 1. The Morgan fingerprint density at radius 1 is 0.850 bits per heavy atom. The molecule has 3 amide bonds. The van der Waals surface area contributed by atoms with Gasteiger partial charge in [-0.25, -0.2) is 4.79 Å². The van der Waals surface area contributed by atoms with E-state index in [1.807, 2.05) is 9.80 Å². The van der Waals surface area contributed by atoms with Crippen LogP contribution in [0, 0.1) is 5.92 Å². The van der Waals surface area contributed by atoms with Crippen LogP contribution in [0.4, 0.5) is 18.0 Å². The fourth-order valence-corrected chi connectivity index (χ4v) is 6.28. The number of nitrogens with one attached hydrogen (secondary N) is 1. The van der Waals surface area contributed by atoms with Gasteiger partial charge in [-0.1, -0.05) is 43.5 Å². The van der Waals surface area contributed by atoms with Gasteiger partial charge in [0, 0.05) is 44.8 Å². The lowest BCUT2D eigenvalue weighted by Gasteiger charge is -2.27. The minimum Gasteiger partial charge on any atom is -0.337 e. The number of likely N-dealkylation sites (tertiary alicyclic amines) is 2. The first kappa shape index (κ1) is 28.5. The lowest BCUT2D eigenvalue weighted by Crippen LogP contribution is -2.45. The van der Waals surface area contributed by atoms with E-state index in [9.17, 15) is 22.8 Å². The van der Waals surface area contributed by atoms with Crippen LogP contribution in [0.3, 0.4) is 0 Å². The highest BCUT2D eigenvalue weighted by Gasteiger charge is 2.36. The van der Waals surface area contributed by atoms with Crippen molar-refractivity contribution in [3.63, 3.8) is 0 Å². The first-order chi connectivity index (χ1) is 19.2. The van der Waals surface area contributed by atoms with Crippen molar-refractivity contribution in [3.05, 3.63) is 59.7 Å². The third-order valence-electron chi connectivity index (χ3n) is 8.86. The molecule has 1 aliphatic carbocycles. The van der Waals surface area contributed by atoms with Crippen LogP contribution in [-0.2, 0) is 6.18 Å². The summed E-state index contributed by atoms with van der Waals surface area (Å²) in [4.78, 5) is 31.9. The summed E-state index contributed by atoms with van der Waals surface area (Å²) in [5.74, 6) is 0.637. The summed E-state index contributed by atoms with van der Waals surface area (Å²) in [5, 5.41) is 3.70. The number of benzene rings is 2. The summed E-state index contributed by atoms with van der Waals surface area (Å²) in [7, 11) is 1.77. The second-order valence-corrected chi connectivity index (χ2v) is 11.6. The van der Waals surface area contributed by atoms with Crippen molar-refractivity contribution in [2.24, 2.45) is 5.92 Å². The summed E-state index contributed by atoms with van der Waals surface area (Å²) >= 11 is 0. The molecule has 2 saturated heterocycles. The third kappa shape index (κ3) is 6.62. The zero-order chi connectivity index (χ0) is 28.3. The summed E-state index contributed by atoms with van der Waals surface area (Å²) in [5.41, 5.74) is 1.21. The van der Waals surface area contributed by atoms with Crippen LogP contribution in [0.2, 0.25) is 0 Å². The Bertz CT molecular complexity index is 1160. The molecule has 40 heavy (non-hydrogen) atoms. The van der Waals surface area contributed by atoms with E-state index >= 15 is 0 Å². The number of urea groups is 1. The summed E-state index contributed by atoms with van der Waals surface area (Å²) in [6, 6.07) is 12.3. The van der Waals surface area contributed by atoms with Crippen LogP contribution < -0.4 is 5.32 Å². The zero-order valence-corrected chi connectivity index (χ0v) is 23.1. The Kier molecular flexibility index (Phi) is 8.68. The van der Waals surface area contributed by atoms with Gasteiger partial charge in [-0.15, -0.1) is 0 Å². The number of amides is 3. The molecule has 0 unspecified atom stereocenters. The van der Waals surface area contributed by atoms with Gasteiger partial charge < -0.3 is 20.0 Å². The second kappa shape index (κ2) is 12.2. The van der Waals surface area contributed by atoms with Crippen molar-refractivity contribution in [2.75, 3.05) is 39.8 Å². The van der Waals surface area contributed by atoms with Crippen molar-refractivity contribution < 1.29 is 22.8 Å². The number of halogens is 3. The van der Waals surface area contributed by atoms with Gasteiger partial charge in [-0.3, -0.25) is 4.79 Å². The van der Waals surface area contributed by atoms with Crippen LogP contribution in [0.25, 0.3) is 11.1 Å². The number of likely N-dealkylation sites (N-methyl/N-ethyl adjacent to an activating group) is 1. The highest BCUT2D eigenvalue weighted by Crippen LogP contribution is 2.31. The predicted octanol–water partition coefficient (Wildman–Crippen LogP) is 5.88. The van der Waals surface area contributed by atoms with Crippen molar-refractivity contribution in [3.8, 4) is 11.1 Å². The lowest BCUT2D eigenvalue weighted by atomic mass is 9.89. The van der Waals surface area contributed by atoms with E-state index in [2.05, 4.69) is 5.32 Å². The SMILES string of the molecule is CN(C(=O)c1ccc(-c2ccc(C(F)(F)F)cc2)cc1)[C@H]1CCN(C(=O)N2CC[C@@H](NCC3CCCCC3)C2)C1. The maximum Gasteiger partial charge on any atom is 0.416 e. The molecule has 2 aliphatic heterocycles. The van der Waals surface area contributed by atoms with Gasteiger partial charge in [0.2, 0.25) is 0 Å². The normalized spacial score (nSPS) is 22.1. The molecular weight excluding hydrogens is 517 g/mol. The Morgan fingerprint density at radius 2 is 1.45 bits per heavy atom. The monoisotopic (exact) mass is 556 g/mol. The first-order valence-electron chi connectivity index (χ1n) is 14.5. The van der Waals surface area contributed by atoms with E-state index in [4.69, 9.17) is 0 Å². The molecule has 1 saturated carbocycles. The van der Waals surface area contributed by atoms with Crippen LogP contribution in [-0.4, -0.2) is 78.5 Å². The Hall–Kier alpha value is -3.07. The van der Waals surface area contributed by atoms with Crippen molar-refractivity contribution in [1.29, 1.82) is 0 Å². The van der Waals surface area contributed by atoms with Gasteiger partial charge in [0.1, 0.15) is 0 Å². The fourth-order valence-electron chi connectivity index (χ4n) is 6.28. The predicted molar refractivity (Wildman–Crippen MR) is 149 cm³/mol. The van der Waals surface area contributed by atoms with Crippen LogP contribution in [0.5, 0.6) is 0 Å². The van der Waals surface area contributed by atoms with Crippen LogP contribution in [0.1, 0.15) is 60.9 Å². The highest BCUT2D eigenvalue weighted by molar-refractivity contribution is 5.95. The molecule has 2 aromatic rings. The molecular formula is C31H39F3N4O2. The second-order valence-electron chi connectivity index (χ2n) is 11.6. The van der Waals surface area contributed by atoms with E-state index in [1.54, 1.807) is 36.2 Å². The quantitative estimate of drug-likeness (QED) is 0.483. The smallest absolute Gasteiger partial charge is 0.337 e. The number of carbonyl (C=O) groups is 2. The van der Waals surface area contributed by atoms with Gasteiger partial charge in [0.25, 0.3) is 5.91 Å². The van der Waals surface area contributed by atoms with E-state index in [0.29, 0.717) is 30.3 Å². The number of carbonyl (C=O) groups excluding carboxylic acids is 2. The fraction of sp³-hybridized carbons (Fsp3) is 0.548. The van der Waals surface area contributed by atoms with Crippen LogP contribution >= 0.6 is 0 Å². The van der Waals surface area contributed by atoms with Gasteiger partial charge in [0.15, 0.2) is 0 Å². The molecule has 6 nitrogen and oxygen atoms in total.